The molecular weight excluding hydrogens is 180 g/mol. The van der Waals surface area contributed by atoms with Gasteiger partial charge in [-0.2, -0.15) is 0 Å². The average Bonchev–Trinajstić information content (AvgIpc) is 2.61. The molecule has 0 fully saturated rings. The molecule has 0 spiro atoms. The van der Waals surface area contributed by atoms with Gasteiger partial charge in [0.1, 0.15) is 0 Å². The topological polar surface area (TPSA) is 0 Å². The average molecular weight is 196 g/mol. The molecule has 0 atom stereocenters. The van der Waals surface area contributed by atoms with Crippen molar-refractivity contribution in [1.29, 1.82) is 0 Å². The standard InChI is InChI=1S/C13H10.C2H6/c1-2-5-9-12(8-4-1)13-10-6-3-7-11-13;1-2/h1,3-11H;1-2H3. The molecule has 76 valence electrons. The van der Waals surface area contributed by atoms with Gasteiger partial charge in [-0.25, -0.2) is 0 Å². The van der Waals surface area contributed by atoms with Crippen molar-refractivity contribution < 1.29 is 0 Å². The van der Waals surface area contributed by atoms with Gasteiger partial charge in [0.15, 0.2) is 0 Å². The molecule has 0 saturated heterocycles. The molecule has 0 heterocycles. The van der Waals surface area contributed by atoms with Crippen LogP contribution in [0.15, 0.2) is 66.4 Å². The van der Waals surface area contributed by atoms with Crippen LogP contribution < -0.4 is 0 Å². The highest BCUT2D eigenvalue weighted by molar-refractivity contribution is 5.75. The first-order chi connectivity index (χ1) is 7.47. The van der Waals surface area contributed by atoms with Crippen LogP contribution in [0, 0.1) is 0 Å². The highest BCUT2D eigenvalue weighted by Crippen LogP contribution is 2.16. The summed E-state index contributed by atoms with van der Waals surface area (Å²) in [5.41, 5.74) is 5.50. The summed E-state index contributed by atoms with van der Waals surface area (Å²) in [6.45, 7) is 4.00. The molecule has 1 aliphatic rings. The van der Waals surface area contributed by atoms with Gasteiger partial charge >= 0.3 is 0 Å². The summed E-state index contributed by atoms with van der Waals surface area (Å²) in [6.07, 6.45) is 10.00. The van der Waals surface area contributed by atoms with Crippen LogP contribution in [-0.2, 0) is 0 Å². The summed E-state index contributed by atoms with van der Waals surface area (Å²) in [5.74, 6) is 0. The lowest BCUT2D eigenvalue weighted by molar-refractivity contribution is 1.50. The van der Waals surface area contributed by atoms with E-state index in [1.54, 1.807) is 0 Å². The van der Waals surface area contributed by atoms with Gasteiger partial charge in [-0.1, -0.05) is 56.3 Å². The molecule has 1 aliphatic carbocycles. The van der Waals surface area contributed by atoms with E-state index in [9.17, 15) is 0 Å². The zero-order valence-electron chi connectivity index (χ0n) is 9.27. The van der Waals surface area contributed by atoms with Crippen molar-refractivity contribution in [3.05, 3.63) is 72.0 Å². The Morgan fingerprint density at radius 3 is 2.40 bits per heavy atom. The summed E-state index contributed by atoms with van der Waals surface area (Å²) in [5, 5.41) is 0. The molecule has 2 rings (SSSR count). The number of hydrogen-bond acceptors (Lipinski definition) is 0. The first-order valence-corrected chi connectivity index (χ1v) is 5.32. The van der Waals surface area contributed by atoms with Gasteiger partial charge in [0.05, 0.1) is 0 Å². The summed E-state index contributed by atoms with van der Waals surface area (Å²) < 4.78 is 0. The van der Waals surface area contributed by atoms with Crippen LogP contribution in [0.1, 0.15) is 19.4 Å². The van der Waals surface area contributed by atoms with Crippen LogP contribution in [0.5, 0.6) is 0 Å². The third kappa shape index (κ3) is 3.46. The summed E-state index contributed by atoms with van der Waals surface area (Å²) in [6, 6.07) is 10.3. The molecule has 0 aliphatic heterocycles. The van der Waals surface area contributed by atoms with Crippen molar-refractivity contribution in [3.63, 3.8) is 0 Å². The van der Waals surface area contributed by atoms with Crippen LogP contribution >= 0.6 is 0 Å². The number of benzene rings is 1. The van der Waals surface area contributed by atoms with E-state index in [0.29, 0.717) is 0 Å². The van der Waals surface area contributed by atoms with Crippen molar-refractivity contribution in [2.24, 2.45) is 0 Å². The van der Waals surface area contributed by atoms with Crippen LogP contribution in [0.3, 0.4) is 0 Å². The summed E-state index contributed by atoms with van der Waals surface area (Å²) >= 11 is 0. The molecule has 0 amide bonds. The van der Waals surface area contributed by atoms with Crippen molar-refractivity contribution in [2.75, 3.05) is 0 Å². The monoisotopic (exact) mass is 196 g/mol. The Hall–Kier alpha value is -1.78. The van der Waals surface area contributed by atoms with E-state index < -0.39 is 0 Å². The van der Waals surface area contributed by atoms with Gasteiger partial charge in [-0.05, 0) is 29.4 Å². The Labute approximate surface area is 92.0 Å². The Morgan fingerprint density at radius 2 is 1.67 bits per heavy atom. The first-order valence-electron chi connectivity index (χ1n) is 5.32. The summed E-state index contributed by atoms with van der Waals surface area (Å²) in [7, 11) is 0. The fourth-order valence-electron chi connectivity index (χ4n) is 1.28. The zero-order valence-corrected chi connectivity index (χ0v) is 9.27. The van der Waals surface area contributed by atoms with E-state index in [1.807, 2.05) is 50.3 Å². The third-order valence-corrected chi connectivity index (χ3v) is 1.93. The molecule has 1 aromatic rings. The molecule has 0 bridgehead atoms. The van der Waals surface area contributed by atoms with E-state index in [-0.39, 0.29) is 0 Å². The predicted molar refractivity (Wildman–Crippen MR) is 67.6 cm³/mol. The SMILES string of the molecule is C1=CC=CC(c2ccccc2)=CC=1.CC. The maximum absolute atomic E-state index is 3.03. The molecule has 15 heavy (non-hydrogen) atoms. The minimum atomic E-state index is 1.22. The van der Waals surface area contributed by atoms with Crippen molar-refractivity contribution in [2.45, 2.75) is 13.8 Å². The highest BCUT2D eigenvalue weighted by atomic mass is 14.0. The van der Waals surface area contributed by atoms with E-state index >= 15 is 0 Å². The maximum atomic E-state index is 3.03. The molecule has 0 heteroatoms. The van der Waals surface area contributed by atoms with Crippen LogP contribution in [0.25, 0.3) is 5.57 Å². The predicted octanol–water partition coefficient (Wildman–Crippen LogP) is 4.38. The van der Waals surface area contributed by atoms with Crippen LogP contribution in [0.2, 0.25) is 0 Å². The van der Waals surface area contributed by atoms with E-state index in [2.05, 4.69) is 30.0 Å². The van der Waals surface area contributed by atoms with Crippen molar-refractivity contribution in [1.82, 2.24) is 0 Å². The maximum Gasteiger partial charge on any atom is -0.0178 e. The molecule has 0 radical (unpaired) electrons. The fraction of sp³-hybridized carbons (Fsp3) is 0.133. The minimum absolute atomic E-state index is 1.22. The quantitative estimate of drug-likeness (QED) is 0.585. The number of rotatable bonds is 1. The Morgan fingerprint density at radius 1 is 0.933 bits per heavy atom. The Balaban J connectivity index is 0.000000531. The molecule has 0 unspecified atom stereocenters. The fourth-order valence-corrected chi connectivity index (χ4v) is 1.28. The second-order valence-corrected chi connectivity index (χ2v) is 2.85. The lowest BCUT2D eigenvalue weighted by Crippen LogP contribution is -1.77. The largest absolute Gasteiger partial charge is 0.121 e. The molecule has 0 nitrogen and oxygen atoms in total. The normalized spacial score (nSPS) is 12.5. The molecule has 0 aromatic heterocycles. The number of hydrogen-bond donors (Lipinski definition) is 0. The van der Waals surface area contributed by atoms with E-state index in [1.165, 1.54) is 11.1 Å². The molecule has 0 saturated carbocycles. The molecular formula is C15H16. The lowest BCUT2D eigenvalue weighted by atomic mass is 10.1. The van der Waals surface area contributed by atoms with Gasteiger partial charge in [-0.3, -0.25) is 0 Å². The van der Waals surface area contributed by atoms with E-state index in [4.69, 9.17) is 0 Å². The molecule has 1 aromatic carbocycles. The second kappa shape index (κ2) is 6.64. The Bertz CT molecular complexity index is 399. The lowest BCUT2D eigenvalue weighted by Gasteiger charge is -1.99. The van der Waals surface area contributed by atoms with E-state index in [0.717, 1.165) is 0 Å². The van der Waals surface area contributed by atoms with Gasteiger partial charge in [0.25, 0.3) is 0 Å². The van der Waals surface area contributed by atoms with Gasteiger partial charge < -0.3 is 0 Å². The molecule has 0 N–H and O–H groups in total. The zero-order chi connectivity index (χ0) is 10.9. The van der Waals surface area contributed by atoms with Crippen molar-refractivity contribution >= 4 is 5.57 Å². The second-order valence-electron chi connectivity index (χ2n) is 2.85. The van der Waals surface area contributed by atoms with Gasteiger partial charge in [-0.15, -0.1) is 5.73 Å². The summed E-state index contributed by atoms with van der Waals surface area (Å²) in [4.78, 5) is 0. The Kier molecular flexibility index (Phi) is 5.00. The first kappa shape index (κ1) is 11.3. The number of allylic oxidation sites excluding steroid dienone is 5. The smallest absolute Gasteiger partial charge is 0.0178 e. The van der Waals surface area contributed by atoms with Crippen LogP contribution in [-0.4, -0.2) is 0 Å². The van der Waals surface area contributed by atoms with Crippen molar-refractivity contribution in [3.8, 4) is 0 Å². The highest BCUT2D eigenvalue weighted by Gasteiger charge is 1.94. The third-order valence-electron chi connectivity index (χ3n) is 1.93. The van der Waals surface area contributed by atoms with Gasteiger partial charge in [0, 0.05) is 0 Å². The minimum Gasteiger partial charge on any atom is -0.121 e. The van der Waals surface area contributed by atoms with Gasteiger partial charge in [0.2, 0.25) is 0 Å². The van der Waals surface area contributed by atoms with Crippen LogP contribution in [0.4, 0.5) is 0 Å².